The van der Waals surface area contributed by atoms with Crippen molar-refractivity contribution in [3.63, 3.8) is 0 Å². The summed E-state index contributed by atoms with van der Waals surface area (Å²) < 4.78 is 36.6. The van der Waals surface area contributed by atoms with Gasteiger partial charge in [0.15, 0.2) is 0 Å². The topological polar surface area (TPSA) is 29.0 Å². The molecule has 0 aliphatic carbocycles. The van der Waals surface area contributed by atoms with E-state index >= 15 is 0 Å². The molecule has 3 nitrogen and oxygen atoms in total. The minimum atomic E-state index is -4.24. The van der Waals surface area contributed by atoms with E-state index in [2.05, 4.69) is 9.97 Å². The van der Waals surface area contributed by atoms with Gasteiger partial charge in [0.2, 0.25) is 0 Å². The predicted octanol–water partition coefficient (Wildman–Crippen LogP) is 2.08. The number of alkyl halides is 4. The Kier molecular flexibility index (Phi) is 4.95. The molecule has 1 rings (SSSR count). The van der Waals surface area contributed by atoms with Crippen molar-refractivity contribution in [2.75, 3.05) is 19.0 Å². The van der Waals surface area contributed by atoms with Gasteiger partial charge in [-0.3, -0.25) is 4.90 Å². The maximum atomic E-state index is 12.2. The molecule has 0 spiro atoms. The third kappa shape index (κ3) is 5.27. The molecule has 0 unspecified atom stereocenters. The third-order valence-electron chi connectivity index (χ3n) is 1.79. The van der Waals surface area contributed by atoms with Crippen molar-refractivity contribution in [1.82, 2.24) is 14.9 Å². The average molecular weight is 254 g/mol. The van der Waals surface area contributed by atoms with Gasteiger partial charge in [-0.15, -0.1) is 11.6 Å². The number of hydrogen-bond donors (Lipinski definition) is 0. The van der Waals surface area contributed by atoms with E-state index in [1.807, 2.05) is 0 Å². The Labute approximate surface area is 96.3 Å². The van der Waals surface area contributed by atoms with Gasteiger partial charge < -0.3 is 0 Å². The Morgan fingerprint density at radius 1 is 1.25 bits per heavy atom. The second-order valence-electron chi connectivity index (χ2n) is 3.18. The third-order valence-corrected chi connectivity index (χ3v) is 1.96. The lowest BCUT2D eigenvalue weighted by Crippen LogP contribution is -2.35. The van der Waals surface area contributed by atoms with Gasteiger partial charge in [0, 0.05) is 24.8 Å². The normalized spacial score (nSPS) is 12.1. The van der Waals surface area contributed by atoms with Crippen molar-refractivity contribution < 1.29 is 13.2 Å². The van der Waals surface area contributed by atoms with E-state index in [1.165, 1.54) is 17.3 Å². The van der Waals surface area contributed by atoms with Crippen molar-refractivity contribution in [2.45, 2.75) is 12.7 Å². The summed E-state index contributed by atoms with van der Waals surface area (Å²) in [6.45, 7) is -0.801. The van der Waals surface area contributed by atoms with E-state index in [-0.39, 0.29) is 19.0 Å². The van der Waals surface area contributed by atoms with E-state index in [0.29, 0.717) is 5.82 Å². The van der Waals surface area contributed by atoms with E-state index in [0.717, 1.165) is 0 Å². The summed E-state index contributed by atoms with van der Waals surface area (Å²) in [5, 5.41) is 0. The summed E-state index contributed by atoms with van der Waals surface area (Å²) in [7, 11) is 0. The Morgan fingerprint density at radius 2 is 1.88 bits per heavy atom. The molecule has 0 saturated heterocycles. The largest absolute Gasteiger partial charge is 0.401 e. The highest BCUT2D eigenvalue weighted by Crippen LogP contribution is 2.17. The van der Waals surface area contributed by atoms with Crippen LogP contribution in [0.2, 0.25) is 0 Å². The van der Waals surface area contributed by atoms with Crippen LogP contribution in [0.25, 0.3) is 0 Å². The zero-order valence-electron chi connectivity index (χ0n) is 8.41. The molecular formula is C9H11ClF3N3. The minimum absolute atomic E-state index is 0.0487. The lowest BCUT2D eigenvalue weighted by molar-refractivity contribution is -0.146. The first kappa shape index (κ1) is 13.2. The Morgan fingerprint density at radius 3 is 2.38 bits per heavy atom. The lowest BCUT2D eigenvalue weighted by atomic mass is 10.4. The van der Waals surface area contributed by atoms with Crippen LogP contribution in [0.4, 0.5) is 13.2 Å². The summed E-state index contributed by atoms with van der Waals surface area (Å²) in [6, 6.07) is 1.61. The van der Waals surface area contributed by atoms with Gasteiger partial charge in [-0.05, 0) is 6.07 Å². The summed E-state index contributed by atoms with van der Waals surface area (Å²) in [5.74, 6) is 0.500. The molecule has 0 amide bonds. The molecule has 0 N–H and O–H groups in total. The first-order valence-corrected chi connectivity index (χ1v) is 5.15. The molecule has 1 aromatic rings. The van der Waals surface area contributed by atoms with Crippen molar-refractivity contribution in [2.24, 2.45) is 0 Å². The molecule has 1 aromatic heterocycles. The van der Waals surface area contributed by atoms with E-state index in [9.17, 15) is 13.2 Å². The van der Waals surface area contributed by atoms with Gasteiger partial charge in [-0.25, -0.2) is 9.97 Å². The van der Waals surface area contributed by atoms with E-state index in [4.69, 9.17) is 11.6 Å². The lowest BCUT2D eigenvalue weighted by Gasteiger charge is -2.21. The molecule has 16 heavy (non-hydrogen) atoms. The average Bonchev–Trinajstić information content (AvgIpc) is 2.17. The van der Waals surface area contributed by atoms with Crippen molar-refractivity contribution >= 4 is 11.6 Å². The van der Waals surface area contributed by atoms with Crippen LogP contribution in [-0.2, 0) is 6.54 Å². The van der Waals surface area contributed by atoms with E-state index < -0.39 is 12.7 Å². The Hall–Kier alpha value is -0.880. The highest BCUT2D eigenvalue weighted by atomic mass is 35.5. The molecule has 0 bridgehead atoms. The Balaban J connectivity index is 2.58. The predicted molar refractivity (Wildman–Crippen MR) is 54.1 cm³/mol. The minimum Gasteiger partial charge on any atom is -0.286 e. The summed E-state index contributed by atoms with van der Waals surface area (Å²) in [5.41, 5.74) is 0. The molecule has 0 radical (unpaired) electrons. The van der Waals surface area contributed by atoms with Crippen LogP contribution in [0, 0.1) is 0 Å². The fourth-order valence-corrected chi connectivity index (χ4v) is 1.44. The first-order valence-electron chi connectivity index (χ1n) is 4.62. The van der Waals surface area contributed by atoms with Crippen LogP contribution in [-0.4, -0.2) is 40.0 Å². The molecule has 0 aromatic carbocycles. The molecule has 0 atom stereocenters. The van der Waals surface area contributed by atoms with Crippen LogP contribution < -0.4 is 0 Å². The summed E-state index contributed by atoms with van der Waals surface area (Å²) >= 11 is 5.44. The highest BCUT2D eigenvalue weighted by molar-refractivity contribution is 6.18. The highest BCUT2D eigenvalue weighted by Gasteiger charge is 2.30. The monoisotopic (exact) mass is 253 g/mol. The van der Waals surface area contributed by atoms with Gasteiger partial charge in [0.05, 0.1) is 13.1 Å². The maximum Gasteiger partial charge on any atom is 0.401 e. The van der Waals surface area contributed by atoms with Crippen molar-refractivity contribution in [3.8, 4) is 0 Å². The fourth-order valence-electron chi connectivity index (χ4n) is 1.20. The Bertz CT molecular complexity index is 305. The molecular weight excluding hydrogens is 243 g/mol. The quantitative estimate of drug-likeness (QED) is 0.753. The molecule has 0 aliphatic heterocycles. The number of rotatable bonds is 5. The second-order valence-corrected chi connectivity index (χ2v) is 3.56. The number of hydrogen-bond acceptors (Lipinski definition) is 3. The van der Waals surface area contributed by atoms with Gasteiger partial charge >= 0.3 is 6.18 Å². The summed E-state index contributed by atoms with van der Waals surface area (Å²) in [6.07, 6.45) is -1.25. The SMILES string of the molecule is FC(F)(F)CN(CCCl)Cc1ncccn1. The van der Waals surface area contributed by atoms with Crippen LogP contribution in [0.15, 0.2) is 18.5 Å². The van der Waals surface area contributed by atoms with Crippen molar-refractivity contribution in [3.05, 3.63) is 24.3 Å². The molecule has 1 heterocycles. The van der Waals surface area contributed by atoms with Crippen LogP contribution >= 0.6 is 11.6 Å². The van der Waals surface area contributed by atoms with Crippen LogP contribution in [0.5, 0.6) is 0 Å². The number of halogens is 4. The molecule has 0 saturated carbocycles. The zero-order chi connectivity index (χ0) is 12.0. The fraction of sp³-hybridized carbons (Fsp3) is 0.556. The smallest absolute Gasteiger partial charge is 0.286 e. The number of aromatic nitrogens is 2. The first-order chi connectivity index (χ1) is 7.51. The van der Waals surface area contributed by atoms with Gasteiger partial charge in [-0.2, -0.15) is 13.2 Å². The molecule has 7 heteroatoms. The van der Waals surface area contributed by atoms with E-state index in [1.54, 1.807) is 6.07 Å². The zero-order valence-corrected chi connectivity index (χ0v) is 9.17. The molecule has 90 valence electrons. The second kappa shape index (κ2) is 6.00. The maximum absolute atomic E-state index is 12.2. The number of nitrogens with zero attached hydrogens (tertiary/aromatic N) is 3. The van der Waals surface area contributed by atoms with Crippen molar-refractivity contribution in [1.29, 1.82) is 0 Å². The van der Waals surface area contributed by atoms with Crippen LogP contribution in [0.1, 0.15) is 5.82 Å². The van der Waals surface area contributed by atoms with Gasteiger partial charge in [0.25, 0.3) is 0 Å². The van der Waals surface area contributed by atoms with Crippen LogP contribution in [0.3, 0.4) is 0 Å². The van der Waals surface area contributed by atoms with Gasteiger partial charge in [0.1, 0.15) is 5.82 Å². The van der Waals surface area contributed by atoms with Gasteiger partial charge in [-0.1, -0.05) is 0 Å². The summed E-state index contributed by atoms with van der Waals surface area (Å²) in [4.78, 5) is 8.90. The molecule has 0 fully saturated rings. The standard InChI is InChI=1S/C9H11ClF3N3/c10-2-5-16(7-9(11,12)13)6-8-14-3-1-4-15-8/h1,3-4H,2,5-7H2. The molecule has 0 aliphatic rings.